The van der Waals surface area contributed by atoms with Gasteiger partial charge in [-0.15, -0.1) is 0 Å². The Morgan fingerprint density at radius 1 is 0.935 bits per heavy atom. The zero-order valence-electron chi connectivity index (χ0n) is 17.8. The van der Waals surface area contributed by atoms with Crippen LogP contribution in [0.3, 0.4) is 0 Å². The largest absolute Gasteiger partial charge is 0.493 e. The summed E-state index contributed by atoms with van der Waals surface area (Å²) in [6, 6.07) is 7.94. The minimum atomic E-state index is -0.625. The first-order valence-electron chi connectivity index (χ1n) is 9.24. The van der Waals surface area contributed by atoms with Gasteiger partial charge in [0.25, 0.3) is 5.91 Å². The molecule has 1 amide bonds. The number of benzene rings is 2. The Morgan fingerprint density at radius 2 is 1.55 bits per heavy atom. The maximum Gasteiger partial charge on any atom is 0.335 e. The molecule has 0 spiro atoms. The molecular formula is C23H23NO7. The summed E-state index contributed by atoms with van der Waals surface area (Å²) >= 11 is 0. The van der Waals surface area contributed by atoms with Crippen molar-refractivity contribution in [2.45, 2.75) is 6.04 Å². The lowest BCUT2D eigenvalue weighted by Crippen LogP contribution is -2.48. The van der Waals surface area contributed by atoms with Gasteiger partial charge in [-0.1, -0.05) is 19.2 Å². The number of anilines is 1. The topological polar surface area (TPSA) is 83.5 Å². The van der Waals surface area contributed by atoms with E-state index < -0.39 is 12.0 Å². The number of carbonyl (C=O) groups is 2. The number of amides is 1. The highest BCUT2D eigenvalue weighted by Gasteiger charge is 2.43. The first-order valence-corrected chi connectivity index (χ1v) is 9.24. The Morgan fingerprint density at radius 3 is 2.06 bits per heavy atom. The van der Waals surface area contributed by atoms with Crippen molar-refractivity contribution in [3.05, 3.63) is 60.7 Å². The third kappa shape index (κ3) is 3.79. The number of ether oxygens (including phenoxy) is 5. The second-order valence-electron chi connectivity index (χ2n) is 6.52. The first kappa shape index (κ1) is 21.8. The van der Waals surface area contributed by atoms with Gasteiger partial charge in [0.1, 0.15) is 0 Å². The molecule has 0 radical (unpaired) electrons. The van der Waals surface area contributed by atoms with Crippen LogP contribution in [0, 0.1) is 0 Å². The third-order valence-corrected chi connectivity index (χ3v) is 4.89. The van der Waals surface area contributed by atoms with Crippen LogP contribution >= 0.6 is 0 Å². The summed E-state index contributed by atoms with van der Waals surface area (Å²) in [6.45, 7) is 7.31. The summed E-state index contributed by atoms with van der Waals surface area (Å²) in [5.74, 6) is 0.948. The Hall–Kier alpha value is -3.94. The zero-order chi connectivity index (χ0) is 22.7. The SMILES string of the molecule is C=CC(=O)Oc1cc(C2C(=C)C(=O)N2c2cc(OC)c(OC)c(OC)c2)ccc1OC. The van der Waals surface area contributed by atoms with E-state index in [1.54, 1.807) is 35.2 Å². The van der Waals surface area contributed by atoms with Crippen molar-refractivity contribution >= 4 is 17.6 Å². The predicted octanol–water partition coefficient (Wildman–Crippen LogP) is 3.46. The van der Waals surface area contributed by atoms with Gasteiger partial charge < -0.3 is 23.7 Å². The molecule has 2 aromatic carbocycles. The molecule has 31 heavy (non-hydrogen) atoms. The third-order valence-electron chi connectivity index (χ3n) is 4.89. The number of β-lactam (4-membered cyclic amide) rings is 1. The van der Waals surface area contributed by atoms with Gasteiger partial charge in [-0.2, -0.15) is 0 Å². The van der Waals surface area contributed by atoms with E-state index in [0.29, 0.717) is 39.8 Å². The Balaban J connectivity index is 2.06. The molecule has 3 rings (SSSR count). The fourth-order valence-electron chi connectivity index (χ4n) is 3.39. The molecule has 1 fully saturated rings. The van der Waals surface area contributed by atoms with Crippen LogP contribution in [0.1, 0.15) is 11.6 Å². The van der Waals surface area contributed by atoms with E-state index in [0.717, 1.165) is 6.08 Å². The summed E-state index contributed by atoms with van der Waals surface area (Å²) in [5, 5.41) is 0. The maximum atomic E-state index is 12.7. The van der Waals surface area contributed by atoms with Crippen LogP contribution in [0.4, 0.5) is 5.69 Å². The summed E-state index contributed by atoms with van der Waals surface area (Å²) in [5.41, 5.74) is 1.61. The molecule has 0 N–H and O–H groups in total. The van der Waals surface area contributed by atoms with Crippen molar-refractivity contribution in [2.24, 2.45) is 0 Å². The number of esters is 1. The standard InChI is InChI=1S/C23H23NO7/c1-7-20(25)31-17-10-14(8-9-16(17)27-3)21-13(2)23(26)24(21)15-11-18(28-4)22(30-6)19(12-15)29-5/h7-12,21H,1-2H2,3-6H3. The van der Waals surface area contributed by atoms with E-state index in [2.05, 4.69) is 13.2 Å². The van der Waals surface area contributed by atoms with Crippen LogP contribution in [0.5, 0.6) is 28.7 Å². The molecule has 1 aliphatic heterocycles. The number of hydrogen-bond donors (Lipinski definition) is 0. The smallest absolute Gasteiger partial charge is 0.335 e. The lowest BCUT2D eigenvalue weighted by Gasteiger charge is -2.42. The second kappa shape index (κ2) is 8.83. The fraction of sp³-hybridized carbons (Fsp3) is 0.217. The molecule has 8 nitrogen and oxygen atoms in total. The maximum absolute atomic E-state index is 12.7. The molecule has 0 aliphatic carbocycles. The van der Waals surface area contributed by atoms with E-state index >= 15 is 0 Å². The molecule has 0 aromatic heterocycles. The second-order valence-corrected chi connectivity index (χ2v) is 6.52. The van der Waals surface area contributed by atoms with Gasteiger partial charge in [-0.05, 0) is 17.7 Å². The molecule has 162 valence electrons. The van der Waals surface area contributed by atoms with Crippen molar-refractivity contribution in [1.82, 2.24) is 0 Å². The van der Waals surface area contributed by atoms with Crippen molar-refractivity contribution in [2.75, 3.05) is 33.3 Å². The van der Waals surface area contributed by atoms with Gasteiger partial charge >= 0.3 is 5.97 Å². The molecule has 1 unspecified atom stereocenters. The molecule has 2 aromatic rings. The molecule has 0 saturated carbocycles. The van der Waals surface area contributed by atoms with Crippen LogP contribution in [0.25, 0.3) is 0 Å². The Kier molecular flexibility index (Phi) is 6.20. The monoisotopic (exact) mass is 425 g/mol. The molecule has 1 heterocycles. The molecular weight excluding hydrogens is 402 g/mol. The molecule has 1 saturated heterocycles. The van der Waals surface area contributed by atoms with E-state index in [4.69, 9.17) is 23.7 Å². The fourth-order valence-corrected chi connectivity index (χ4v) is 3.39. The highest BCUT2D eigenvalue weighted by molar-refractivity contribution is 6.15. The average molecular weight is 425 g/mol. The predicted molar refractivity (Wildman–Crippen MR) is 114 cm³/mol. The minimum absolute atomic E-state index is 0.210. The zero-order valence-corrected chi connectivity index (χ0v) is 17.8. The number of rotatable bonds is 8. The number of hydrogen-bond acceptors (Lipinski definition) is 7. The van der Waals surface area contributed by atoms with Crippen molar-refractivity contribution in [1.29, 1.82) is 0 Å². The number of carbonyl (C=O) groups excluding carboxylic acids is 2. The molecule has 1 aliphatic rings. The summed E-state index contributed by atoms with van der Waals surface area (Å²) in [7, 11) is 5.97. The van der Waals surface area contributed by atoms with Gasteiger partial charge in [-0.3, -0.25) is 9.69 Å². The highest BCUT2D eigenvalue weighted by atomic mass is 16.6. The quantitative estimate of drug-likeness (QED) is 0.277. The molecule has 0 bridgehead atoms. The highest BCUT2D eigenvalue weighted by Crippen LogP contribution is 2.48. The lowest BCUT2D eigenvalue weighted by molar-refractivity contribution is -0.129. The van der Waals surface area contributed by atoms with Crippen LogP contribution < -0.4 is 28.6 Å². The molecule has 8 heteroatoms. The van der Waals surface area contributed by atoms with Gasteiger partial charge in [0.05, 0.1) is 40.2 Å². The van der Waals surface area contributed by atoms with Gasteiger partial charge in [-0.25, -0.2) is 4.79 Å². The van der Waals surface area contributed by atoms with Crippen LogP contribution in [0.15, 0.2) is 55.1 Å². The summed E-state index contributed by atoms with van der Waals surface area (Å²) in [4.78, 5) is 26.0. The molecule has 1 atom stereocenters. The number of methoxy groups -OCH3 is 4. The number of nitrogens with zero attached hydrogens (tertiary/aromatic N) is 1. The van der Waals surface area contributed by atoms with Gasteiger partial charge in [0.15, 0.2) is 23.0 Å². The average Bonchev–Trinajstić information content (AvgIpc) is 2.80. The van der Waals surface area contributed by atoms with Crippen LogP contribution in [-0.4, -0.2) is 40.3 Å². The first-order chi connectivity index (χ1) is 14.9. The van der Waals surface area contributed by atoms with Crippen molar-refractivity contribution in [3.63, 3.8) is 0 Å². The van der Waals surface area contributed by atoms with Crippen molar-refractivity contribution < 1.29 is 33.3 Å². The van der Waals surface area contributed by atoms with Gasteiger partial charge in [0, 0.05) is 23.8 Å². The van der Waals surface area contributed by atoms with E-state index in [-0.39, 0.29) is 11.7 Å². The minimum Gasteiger partial charge on any atom is -0.493 e. The Bertz CT molecular complexity index is 1030. The summed E-state index contributed by atoms with van der Waals surface area (Å²) in [6.07, 6.45) is 1.06. The van der Waals surface area contributed by atoms with Crippen molar-refractivity contribution in [3.8, 4) is 28.7 Å². The van der Waals surface area contributed by atoms with Crippen LogP contribution in [0.2, 0.25) is 0 Å². The van der Waals surface area contributed by atoms with E-state index in [9.17, 15) is 9.59 Å². The van der Waals surface area contributed by atoms with E-state index in [1.165, 1.54) is 28.4 Å². The van der Waals surface area contributed by atoms with Crippen LogP contribution in [-0.2, 0) is 9.59 Å². The summed E-state index contributed by atoms with van der Waals surface area (Å²) < 4.78 is 26.7. The van der Waals surface area contributed by atoms with E-state index in [1.807, 2.05) is 0 Å². The Labute approximate surface area is 180 Å². The van der Waals surface area contributed by atoms with Gasteiger partial charge in [0.2, 0.25) is 5.75 Å². The lowest BCUT2D eigenvalue weighted by atomic mass is 9.88. The normalized spacial score (nSPS) is 15.1.